The Kier molecular flexibility index (Phi) is 10.9. The van der Waals surface area contributed by atoms with Gasteiger partial charge in [0.15, 0.2) is 0 Å². The molecule has 47 heavy (non-hydrogen) atoms. The van der Waals surface area contributed by atoms with Crippen molar-refractivity contribution in [1.82, 2.24) is 19.8 Å². The Hall–Kier alpha value is -4.50. The molecule has 2 N–H and O–H groups in total. The second-order valence-corrected chi connectivity index (χ2v) is 12.4. The van der Waals surface area contributed by atoms with Gasteiger partial charge in [0.05, 0.1) is 18.0 Å². The maximum atomic E-state index is 14.1. The van der Waals surface area contributed by atoms with Crippen LogP contribution in [0.25, 0.3) is 11.1 Å². The van der Waals surface area contributed by atoms with E-state index in [1.54, 1.807) is 33.8 Å². The molecule has 0 bridgehead atoms. The van der Waals surface area contributed by atoms with E-state index in [9.17, 15) is 37.1 Å². The van der Waals surface area contributed by atoms with E-state index in [4.69, 9.17) is 6.42 Å². The van der Waals surface area contributed by atoms with Crippen molar-refractivity contribution >= 4 is 11.9 Å². The molecule has 3 aromatic rings. The number of pyridine rings is 2. The SMILES string of the molecule is C#Cc1ncc(C(CC(=O)O)NC(=O)[C@H](CC(C)C)n2cc(CCN3CCC3)c(C(F)(F)F)cc2=O)cc1-c1c(C)cc(F)cc1C. The Balaban J connectivity index is 1.76. The Labute approximate surface area is 270 Å². The minimum atomic E-state index is -4.76. The van der Waals surface area contributed by atoms with Gasteiger partial charge in [0.2, 0.25) is 5.91 Å². The second kappa shape index (κ2) is 14.5. The number of halogens is 4. The van der Waals surface area contributed by atoms with Gasteiger partial charge in [0.1, 0.15) is 17.6 Å². The summed E-state index contributed by atoms with van der Waals surface area (Å²) in [6.07, 6.45) is 3.93. The third-order valence-corrected chi connectivity index (χ3v) is 8.36. The van der Waals surface area contributed by atoms with Crippen molar-refractivity contribution in [2.24, 2.45) is 5.92 Å². The fourth-order valence-electron chi connectivity index (χ4n) is 5.98. The highest BCUT2D eigenvalue weighted by Crippen LogP contribution is 2.34. The minimum Gasteiger partial charge on any atom is -0.481 e. The average molecular weight is 655 g/mol. The van der Waals surface area contributed by atoms with Gasteiger partial charge >= 0.3 is 12.1 Å². The molecule has 0 saturated carbocycles. The molecule has 8 nitrogen and oxygen atoms in total. The summed E-state index contributed by atoms with van der Waals surface area (Å²) in [5.74, 6) is -0.0858. The van der Waals surface area contributed by atoms with Crippen LogP contribution in [-0.2, 0) is 22.2 Å². The molecule has 1 fully saturated rings. The predicted octanol–water partition coefficient (Wildman–Crippen LogP) is 5.83. The number of hydrogen-bond donors (Lipinski definition) is 2. The van der Waals surface area contributed by atoms with Gasteiger partial charge in [0, 0.05) is 30.6 Å². The van der Waals surface area contributed by atoms with Crippen molar-refractivity contribution in [2.45, 2.75) is 71.6 Å². The standard InChI is InChI=1S/C35H38F4N4O4/c1-6-28-26(33-21(4)13-25(36)14-22(33)5)15-24(18-40-28)29(17-32(45)46)41-34(47)30(12-20(2)3)43-19-23(8-11-42-9-7-10-42)27(16-31(43)44)35(37,38)39/h1,13-16,18-20,29-30H,7-12,17H2,2-5H3,(H,41,47)(H,45,46)/t29?,30-/m0/s1. The fourth-order valence-corrected chi connectivity index (χ4v) is 5.98. The van der Waals surface area contributed by atoms with E-state index in [2.05, 4.69) is 16.2 Å². The number of alkyl halides is 3. The molecule has 0 aliphatic carbocycles. The third kappa shape index (κ3) is 8.46. The first-order valence-corrected chi connectivity index (χ1v) is 15.4. The van der Waals surface area contributed by atoms with Gasteiger partial charge in [0.25, 0.3) is 5.56 Å². The number of aromatic nitrogens is 2. The molecule has 2 atom stereocenters. The smallest absolute Gasteiger partial charge is 0.416 e. The highest BCUT2D eigenvalue weighted by molar-refractivity contribution is 5.82. The van der Waals surface area contributed by atoms with E-state index in [0.717, 1.165) is 30.3 Å². The number of carboxylic acid groups (broad SMARTS) is 1. The number of aliphatic carboxylic acids is 1. The highest BCUT2D eigenvalue weighted by Gasteiger charge is 2.36. The van der Waals surface area contributed by atoms with Gasteiger partial charge in [-0.05, 0) is 104 Å². The molecule has 1 amide bonds. The van der Waals surface area contributed by atoms with Crippen molar-refractivity contribution in [3.63, 3.8) is 0 Å². The maximum Gasteiger partial charge on any atom is 0.416 e. The van der Waals surface area contributed by atoms with Crippen LogP contribution in [0, 0.1) is 37.9 Å². The lowest BCUT2D eigenvalue weighted by atomic mass is 9.92. The topological polar surface area (TPSA) is 105 Å². The van der Waals surface area contributed by atoms with Crippen molar-refractivity contribution in [3.05, 3.63) is 86.3 Å². The number of carbonyl (C=O) groups is 2. The summed E-state index contributed by atoms with van der Waals surface area (Å²) in [6.45, 7) is 8.94. The second-order valence-electron chi connectivity index (χ2n) is 12.4. The highest BCUT2D eigenvalue weighted by atomic mass is 19.4. The first kappa shape index (κ1) is 35.4. The Morgan fingerprint density at radius 1 is 1.13 bits per heavy atom. The van der Waals surface area contributed by atoms with E-state index >= 15 is 0 Å². The fraction of sp³-hybridized carbons (Fsp3) is 0.429. The Bertz CT molecular complexity index is 1730. The largest absolute Gasteiger partial charge is 0.481 e. The Morgan fingerprint density at radius 3 is 2.32 bits per heavy atom. The quantitative estimate of drug-likeness (QED) is 0.188. The van der Waals surface area contributed by atoms with E-state index in [1.807, 2.05) is 4.90 Å². The summed E-state index contributed by atoms with van der Waals surface area (Å²) in [4.78, 5) is 45.5. The monoisotopic (exact) mass is 654 g/mol. The molecule has 1 aromatic carbocycles. The molecule has 0 spiro atoms. The summed E-state index contributed by atoms with van der Waals surface area (Å²) in [5.41, 5.74) is 0.568. The Morgan fingerprint density at radius 2 is 1.79 bits per heavy atom. The number of hydrogen-bond acceptors (Lipinski definition) is 5. The number of amides is 1. The van der Waals surface area contributed by atoms with Crippen LogP contribution in [0.4, 0.5) is 17.6 Å². The molecule has 0 radical (unpaired) electrons. The summed E-state index contributed by atoms with van der Waals surface area (Å²) in [5, 5.41) is 12.5. The number of carbonyl (C=O) groups excluding carboxylic acids is 1. The van der Waals surface area contributed by atoms with Gasteiger partial charge in [-0.25, -0.2) is 9.37 Å². The number of benzene rings is 1. The van der Waals surface area contributed by atoms with Crippen LogP contribution in [0.15, 0.2) is 41.5 Å². The average Bonchev–Trinajstić information content (AvgIpc) is 2.94. The molecule has 12 heteroatoms. The molecule has 250 valence electrons. The first-order valence-electron chi connectivity index (χ1n) is 15.4. The van der Waals surface area contributed by atoms with Gasteiger partial charge in [-0.1, -0.05) is 13.8 Å². The maximum absolute atomic E-state index is 14.1. The van der Waals surface area contributed by atoms with Crippen LogP contribution in [0.1, 0.15) is 78.7 Å². The van der Waals surface area contributed by atoms with E-state index in [0.29, 0.717) is 34.9 Å². The van der Waals surface area contributed by atoms with Crippen LogP contribution >= 0.6 is 0 Å². The zero-order valence-electron chi connectivity index (χ0n) is 26.7. The molecule has 1 aliphatic heterocycles. The molecule has 2 aromatic heterocycles. The van der Waals surface area contributed by atoms with Crippen LogP contribution in [-0.4, -0.2) is 51.1 Å². The summed E-state index contributed by atoms with van der Waals surface area (Å²) >= 11 is 0. The van der Waals surface area contributed by atoms with Crippen molar-refractivity contribution < 1.29 is 32.3 Å². The lowest BCUT2D eigenvalue weighted by Crippen LogP contribution is -2.41. The zero-order valence-corrected chi connectivity index (χ0v) is 26.7. The van der Waals surface area contributed by atoms with Gasteiger partial charge in [-0.3, -0.25) is 14.4 Å². The van der Waals surface area contributed by atoms with Gasteiger partial charge in [-0.2, -0.15) is 13.2 Å². The summed E-state index contributed by atoms with van der Waals surface area (Å²) in [7, 11) is 0. The predicted molar refractivity (Wildman–Crippen MR) is 169 cm³/mol. The normalized spacial score (nSPS) is 14.7. The van der Waals surface area contributed by atoms with Crippen molar-refractivity contribution in [1.29, 1.82) is 0 Å². The number of carboxylic acids is 1. The number of rotatable bonds is 12. The molecule has 4 rings (SSSR count). The summed E-state index contributed by atoms with van der Waals surface area (Å²) in [6, 6.07) is 2.42. The molecule has 1 aliphatic rings. The van der Waals surface area contributed by atoms with Crippen molar-refractivity contribution in [3.8, 4) is 23.5 Å². The number of nitrogens with one attached hydrogen (secondary N) is 1. The number of nitrogens with zero attached hydrogens (tertiary/aromatic N) is 3. The number of aryl methyl sites for hydroxylation is 2. The minimum absolute atomic E-state index is 0.0327. The molecule has 1 unspecified atom stereocenters. The third-order valence-electron chi connectivity index (χ3n) is 8.36. The van der Waals surface area contributed by atoms with Crippen LogP contribution in [0.3, 0.4) is 0 Å². The molecule has 3 heterocycles. The summed E-state index contributed by atoms with van der Waals surface area (Å²) < 4.78 is 57.0. The zero-order chi connectivity index (χ0) is 34.6. The van der Waals surface area contributed by atoms with Crippen LogP contribution < -0.4 is 10.9 Å². The molecule has 1 saturated heterocycles. The molecular formula is C35H38F4N4O4. The van der Waals surface area contributed by atoms with E-state index in [-0.39, 0.29) is 35.6 Å². The first-order chi connectivity index (χ1) is 22.1. The molecular weight excluding hydrogens is 616 g/mol. The van der Waals surface area contributed by atoms with E-state index < -0.39 is 53.5 Å². The number of terminal acetylenes is 1. The number of likely N-dealkylation sites (tertiary alicyclic amines) is 1. The van der Waals surface area contributed by atoms with E-state index in [1.165, 1.54) is 18.3 Å². The lowest BCUT2D eigenvalue weighted by molar-refractivity contribution is -0.139. The van der Waals surface area contributed by atoms with Gasteiger partial charge < -0.3 is 19.9 Å². The lowest BCUT2D eigenvalue weighted by Gasteiger charge is -2.31. The van der Waals surface area contributed by atoms with Crippen molar-refractivity contribution in [2.75, 3.05) is 19.6 Å². The van der Waals surface area contributed by atoms with Gasteiger partial charge in [-0.15, -0.1) is 6.42 Å². The van der Waals surface area contributed by atoms with Crippen LogP contribution in [0.5, 0.6) is 0 Å². The van der Waals surface area contributed by atoms with Crippen LogP contribution in [0.2, 0.25) is 0 Å².